The van der Waals surface area contributed by atoms with Crippen LogP contribution < -0.4 is 5.32 Å². The molecule has 1 amide bonds. The lowest BCUT2D eigenvalue weighted by Gasteiger charge is -2.22. The van der Waals surface area contributed by atoms with Gasteiger partial charge in [-0.2, -0.15) is 0 Å². The average Bonchev–Trinajstić information content (AvgIpc) is 2.71. The van der Waals surface area contributed by atoms with Crippen molar-refractivity contribution in [3.8, 4) is 5.75 Å². The standard InChI is InChI=1S/C14H20N2O2/c1-14(13(18)15-2)6-7-16(10-14)9-11-4-3-5-12(17)8-11/h3-5,8,17H,6-7,9-10H2,1-2H3,(H,15,18). The Kier molecular flexibility index (Phi) is 3.57. The van der Waals surface area contributed by atoms with Crippen LogP contribution in [0.4, 0.5) is 0 Å². The molecule has 1 aromatic carbocycles. The zero-order valence-corrected chi connectivity index (χ0v) is 10.9. The van der Waals surface area contributed by atoms with Gasteiger partial charge >= 0.3 is 0 Å². The van der Waals surface area contributed by atoms with Crippen molar-refractivity contribution in [1.82, 2.24) is 10.2 Å². The van der Waals surface area contributed by atoms with E-state index in [0.29, 0.717) is 5.75 Å². The van der Waals surface area contributed by atoms with Gasteiger partial charge in [0.25, 0.3) is 0 Å². The Labute approximate surface area is 108 Å². The first kappa shape index (κ1) is 12.9. The van der Waals surface area contributed by atoms with Crippen LogP contribution in [0.25, 0.3) is 0 Å². The molecule has 1 heterocycles. The molecule has 4 heteroatoms. The van der Waals surface area contributed by atoms with Crippen LogP contribution in [0, 0.1) is 5.41 Å². The van der Waals surface area contributed by atoms with Crippen LogP contribution >= 0.6 is 0 Å². The van der Waals surface area contributed by atoms with Gasteiger partial charge < -0.3 is 10.4 Å². The number of benzene rings is 1. The maximum atomic E-state index is 11.8. The summed E-state index contributed by atoms with van der Waals surface area (Å²) in [6.45, 7) is 4.47. The first-order chi connectivity index (χ1) is 8.53. The molecule has 1 aliphatic rings. The van der Waals surface area contributed by atoms with E-state index >= 15 is 0 Å². The number of phenolic OH excluding ortho intramolecular Hbond substituents is 1. The average molecular weight is 248 g/mol. The van der Waals surface area contributed by atoms with Crippen LogP contribution in [0.15, 0.2) is 24.3 Å². The molecule has 1 atom stereocenters. The van der Waals surface area contributed by atoms with Crippen molar-refractivity contribution in [2.45, 2.75) is 19.9 Å². The summed E-state index contributed by atoms with van der Waals surface area (Å²) in [5, 5.41) is 12.2. The molecule has 2 rings (SSSR count). The Balaban J connectivity index is 2.00. The number of phenols is 1. The monoisotopic (exact) mass is 248 g/mol. The molecule has 0 bridgehead atoms. The zero-order valence-electron chi connectivity index (χ0n) is 10.9. The van der Waals surface area contributed by atoms with Crippen molar-refractivity contribution in [1.29, 1.82) is 0 Å². The van der Waals surface area contributed by atoms with Gasteiger partial charge in [-0.05, 0) is 37.6 Å². The maximum absolute atomic E-state index is 11.8. The van der Waals surface area contributed by atoms with E-state index in [0.717, 1.165) is 31.6 Å². The van der Waals surface area contributed by atoms with Crippen molar-refractivity contribution < 1.29 is 9.90 Å². The van der Waals surface area contributed by atoms with E-state index in [9.17, 15) is 9.90 Å². The summed E-state index contributed by atoms with van der Waals surface area (Å²) in [4.78, 5) is 14.1. The summed E-state index contributed by atoms with van der Waals surface area (Å²) in [6, 6.07) is 7.28. The Morgan fingerprint density at radius 1 is 1.56 bits per heavy atom. The number of amides is 1. The van der Waals surface area contributed by atoms with Crippen LogP contribution in [-0.2, 0) is 11.3 Å². The molecule has 1 saturated heterocycles. The van der Waals surface area contributed by atoms with E-state index in [1.807, 2.05) is 19.1 Å². The molecular formula is C14H20N2O2. The highest BCUT2D eigenvalue weighted by Crippen LogP contribution is 2.31. The first-order valence-electron chi connectivity index (χ1n) is 6.26. The second kappa shape index (κ2) is 4.98. The minimum absolute atomic E-state index is 0.112. The number of carbonyl (C=O) groups is 1. The van der Waals surface area contributed by atoms with E-state index in [2.05, 4.69) is 10.2 Å². The van der Waals surface area contributed by atoms with E-state index in [1.54, 1.807) is 19.2 Å². The van der Waals surface area contributed by atoms with Crippen LogP contribution in [0.1, 0.15) is 18.9 Å². The van der Waals surface area contributed by atoms with Gasteiger partial charge in [-0.15, -0.1) is 0 Å². The molecular weight excluding hydrogens is 228 g/mol. The van der Waals surface area contributed by atoms with Crippen molar-refractivity contribution in [3.05, 3.63) is 29.8 Å². The fourth-order valence-electron chi connectivity index (χ4n) is 2.59. The fraction of sp³-hybridized carbons (Fsp3) is 0.500. The van der Waals surface area contributed by atoms with Crippen LogP contribution in [0.2, 0.25) is 0 Å². The quantitative estimate of drug-likeness (QED) is 0.849. The number of hydrogen-bond acceptors (Lipinski definition) is 3. The highest BCUT2D eigenvalue weighted by atomic mass is 16.3. The van der Waals surface area contributed by atoms with Gasteiger partial charge in [0.15, 0.2) is 0 Å². The number of rotatable bonds is 3. The second-order valence-electron chi connectivity index (χ2n) is 5.27. The Bertz CT molecular complexity index is 447. The third-order valence-corrected chi connectivity index (χ3v) is 3.64. The molecule has 0 radical (unpaired) electrons. The highest BCUT2D eigenvalue weighted by Gasteiger charge is 2.39. The summed E-state index contributed by atoms with van der Waals surface area (Å²) >= 11 is 0. The van der Waals surface area contributed by atoms with Gasteiger partial charge in [0.2, 0.25) is 5.91 Å². The molecule has 1 fully saturated rings. The first-order valence-corrected chi connectivity index (χ1v) is 6.26. The SMILES string of the molecule is CNC(=O)C1(C)CCN(Cc2cccc(O)c2)C1. The third-order valence-electron chi connectivity index (χ3n) is 3.64. The predicted octanol–water partition coefficient (Wildman–Crippen LogP) is 1.35. The molecule has 2 N–H and O–H groups in total. The fourth-order valence-corrected chi connectivity index (χ4v) is 2.59. The molecule has 98 valence electrons. The Morgan fingerprint density at radius 3 is 3.00 bits per heavy atom. The number of likely N-dealkylation sites (tertiary alicyclic amines) is 1. The maximum Gasteiger partial charge on any atom is 0.227 e. The zero-order chi connectivity index (χ0) is 13.2. The van der Waals surface area contributed by atoms with E-state index < -0.39 is 0 Å². The van der Waals surface area contributed by atoms with Crippen LogP contribution in [0.5, 0.6) is 5.75 Å². The van der Waals surface area contributed by atoms with E-state index in [1.165, 1.54) is 0 Å². The summed E-state index contributed by atoms with van der Waals surface area (Å²) in [7, 11) is 1.69. The molecule has 0 aromatic heterocycles. The smallest absolute Gasteiger partial charge is 0.227 e. The lowest BCUT2D eigenvalue weighted by Crippen LogP contribution is -2.39. The lowest BCUT2D eigenvalue weighted by atomic mass is 9.89. The Hall–Kier alpha value is -1.55. The van der Waals surface area contributed by atoms with E-state index in [-0.39, 0.29) is 11.3 Å². The van der Waals surface area contributed by atoms with Gasteiger partial charge in [0, 0.05) is 20.1 Å². The minimum atomic E-state index is -0.286. The van der Waals surface area contributed by atoms with Crippen LogP contribution in [0.3, 0.4) is 0 Å². The number of nitrogens with one attached hydrogen (secondary N) is 1. The normalized spacial score (nSPS) is 24.1. The Morgan fingerprint density at radius 2 is 2.33 bits per heavy atom. The molecule has 1 aliphatic heterocycles. The van der Waals surface area contributed by atoms with Gasteiger partial charge in [0.1, 0.15) is 5.75 Å². The lowest BCUT2D eigenvalue weighted by molar-refractivity contribution is -0.129. The molecule has 0 spiro atoms. The molecule has 4 nitrogen and oxygen atoms in total. The summed E-state index contributed by atoms with van der Waals surface area (Å²) in [6.07, 6.45) is 0.880. The molecule has 1 aromatic rings. The number of hydrogen-bond donors (Lipinski definition) is 2. The number of aromatic hydroxyl groups is 1. The van der Waals surface area contributed by atoms with Crippen molar-refractivity contribution >= 4 is 5.91 Å². The highest BCUT2D eigenvalue weighted by molar-refractivity contribution is 5.82. The van der Waals surface area contributed by atoms with Crippen molar-refractivity contribution in [2.75, 3.05) is 20.1 Å². The summed E-state index contributed by atoms with van der Waals surface area (Å²) in [5.74, 6) is 0.404. The van der Waals surface area contributed by atoms with Gasteiger partial charge in [-0.1, -0.05) is 12.1 Å². The van der Waals surface area contributed by atoms with Gasteiger partial charge in [-0.3, -0.25) is 9.69 Å². The van der Waals surface area contributed by atoms with E-state index in [4.69, 9.17) is 0 Å². The summed E-state index contributed by atoms with van der Waals surface area (Å²) in [5.41, 5.74) is 0.794. The molecule has 0 aliphatic carbocycles. The largest absolute Gasteiger partial charge is 0.508 e. The molecule has 18 heavy (non-hydrogen) atoms. The number of nitrogens with zero attached hydrogens (tertiary/aromatic N) is 1. The topological polar surface area (TPSA) is 52.6 Å². The molecule has 1 unspecified atom stereocenters. The van der Waals surface area contributed by atoms with Crippen molar-refractivity contribution in [2.24, 2.45) is 5.41 Å². The molecule has 0 saturated carbocycles. The second-order valence-corrected chi connectivity index (χ2v) is 5.27. The van der Waals surface area contributed by atoms with Gasteiger partial charge in [0.05, 0.1) is 5.41 Å². The van der Waals surface area contributed by atoms with Crippen LogP contribution in [-0.4, -0.2) is 36.1 Å². The predicted molar refractivity (Wildman–Crippen MR) is 70.2 cm³/mol. The summed E-state index contributed by atoms with van der Waals surface area (Å²) < 4.78 is 0. The number of carbonyl (C=O) groups excluding carboxylic acids is 1. The minimum Gasteiger partial charge on any atom is -0.508 e. The van der Waals surface area contributed by atoms with Crippen molar-refractivity contribution in [3.63, 3.8) is 0 Å². The third kappa shape index (κ3) is 2.64. The van der Waals surface area contributed by atoms with Gasteiger partial charge in [-0.25, -0.2) is 0 Å².